The molecular formula is C26H32ClFN8O. The number of hydrogen-bond donors (Lipinski definition) is 4. The largest absolute Gasteiger partial charge is 0.393 e. The van der Waals surface area contributed by atoms with Gasteiger partial charge in [-0.15, -0.1) is 0 Å². The quantitative estimate of drug-likeness (QED) is 0.247. The third kappa shape index (κ3) is 6.10. The molecule has 1 aliphatic rings. The second kappa shape index (κ2) is 12.2. The lowest BCUT2D eigenvalue weighted by molar-refractivity contribution is 0.0643. The van der Waals surface area contributed by atoms with Crippen molar-refractivity contribution in [2.75, 3.05) is 69.2 Å². The van der Waals surface area contributed by atoms with E-state index < -0.39 is 5.82 Å². The number of aromatic nitrogens is 2. The Hall–Kier alpha value is -3.47. The molecule has 9 nitrogen and oxygen atoms in total. The van der Waals surface area contributed by atoms with Crippen LogP contribution in [-0.2, 0) is 0 Å². The molecule has 1 aliphatic heterocycles. The summed E-state index contributed by atoms with van der Waals surface area (Å²) < 4.78 is 16.0. The Morgan fingerprint density at radius 3 is 2.49 bits per heavy atom. The van der Waals surface area contributed by atoms with E-state index in [1.165, 1.54) is 6.33 Å². The molecule has 0 unspecified atom stereocenters. The fourth-order valence-electron chi connectivity index (χ4n) is 4.22. The Labute approximate surface area is 221 Å². The maximum atomic E-state index is 16.0. The van der Waals surface area contributed by atoms with Crippen molar-refractivity contribution < 1.29 is 9.18 Å². The molecule has 0 aliphatic carbocycles. The molecule has 0 saturated carbocycles. The van der Waals surface area contributed by atoms with Crippen molar-refractivity contribution in [3.05, 3.63) is 59.3 Å². The number of likely N-dealkylation sites (N-methyl/N-ethyl adjacent to an activating group) is 2. The Morgan fingerprint density at radius 2 is 1.81 bits per heavy atom. The number of nitrogens with one attached hydrogen (secondary N) is 3. The zero-order valence-corrected chi connectivity index (χ0v) is 21.8. The number of carbonyl (C=O) groups is 1. The van der Waals surface area contributed by atoms with Gasteiger partial charge < -0.3 is 31.5 Å². The Kier molecular flexibility index (Phi) is 8.75. The molecule has 2 heterocycles. The van der Waals surface area contributed by atoms with Gasteiger partial charge in [-0.3, -0.25) is 4.79 Å². The third-order valence-corrected chi connectivity index (χ3v) is 6.76. The lowest BCUT2D eigenvalue weighted by Crippen LogP contribution is -2.48. The van der Waals surface area contributed by atoms with E-state index in [0.717, 1.165) is 19.6 Å². The van der Waals surface area contributed by atoms with Crippen molar-refractivity contribution in [2.45, 2.75) is 6.92 Å². The Morgan fingerprint density at radius 1 is 1.08 bits per heavy atom. The Bertz CT molecular complexity index is 1230. The fourth-order valence-corrected chi connectivity index (χ4v) is 4.36. The molecule has 1 amide bonds. The van der Waals surface area contributed by atoms with E-state index in [2.05, 4.69) is 37.7 Å². The standard InChI is InChI=1S/C26H32ClFN8O/c1-3-35-12-14-36(15-13-35)26(37)18-6-4-17(5-7-18)19-8-9-20(31-11-10-30-2)23(21(19)28)34-25-22(29)24(27)32-16-33-25/h4-9,16,30-31H,3,10-15,29H2,1-2H3,(H,32,33,34). The minimum absolute atomic E-state index is 0.00896. The first-order valence-corrected chi connectivity index (χ1v) is 12.7. The van der Waals surface area contributed by atoms with E-state index >= 15 is 4.39 Å². The van der Waals surface area contributed by atoms with Crippen molar-refractivity contribution in [1.29, 1.82) is 0 Å². The second-order valence-corrected chi connectivity index (χ2v) is 9.09. The normalized spacial score (nSPS) is 14.0. The van der Waals surface area contributed by atoms with Crippen LogP contribution in [0.25, 0.3) is 11.1 Å². The SMILES string of the molecule is CCN1CCN(C(=O)c2ccc(-c3ccc(NCCNC)c(Nc4ncnc(Cl)c4N)c3F)cc2)CC1. The van der Waals surface area contributed by atoms with Crippen molar-refractivity contribution in [1.82, 2.24) is 25.1 Å². The van der Waals surface area contributed by atoms with E-state index in [0.29, 0.717) is 48.6 Å². The number of nitrogens with zero attached hydrogens (tertiary/aromatic N) is 4. The number of halogens is 2. The summed E-state index contributed by atoms with van der Waals surface area (Å²) in [6.07, 6.45) is 1.26. The van der Waals surface area contributed by atoms with Crippen LogP contribution in [0.1, 0.15) is 17.3 Å². The third-order valence-electron chi connectivity index (χ3n) is 6.46. The van der Waals surface area contributed by atoms with Crippen LogP contribution in [0.3, 0.4) is 0 Å². The molecule has 1 fully saturated rings. The molecule has 0 spiro atoms. The average molecular weight is 527 g/mol. The maximum Gasteiger partial charge on any atom is 0.253 e. The molecule has 1 aromatic heterocycles. The lowest BCUT2D eigenvalue weighted by Gasteiger charge is -2.34. The number of hydrogen-bond acceptors (Lipinski definition) is 8. The van der Waals surface area contributed by atoms with Crippen molar-refractivity contribution in [2.24, 2.45) is 0 Å². The van der Waals surface area contributed by atoms with Gasteiger partial charge in [-0.05, 0) is 43.4 Å². The van der Waals surface area contributed by atoms with Gasteiger partial charge in [0.05, 0.1) is 5.69 Å². The second-order valence-electron chi connectivity index (χ2n) is 8.74. The minimum Gasteiger partial charge on any atom is -0.393 e. The van der Waals surface area contributed by atoms with Gasteiger partial charge in [0.25, 0.3) is 5.91 Å². The highest BCUT2D eigenvalue weighted by Crippen LogP contribution is 2.37. The predicted molar refractivity (Wildman–Crippen MR) is 147 cm³/mol. The van der Waals surface area contributed by atoms with Crippen LogP contribution in [0.5, 0.6) is 0 Å². The van der Waals surface area contributed by atoms with Gasteiger partial charge in [0.15, 0.2) is 16.8 Å². The van der Waals surface area contributed by atoms with E-state index in [1.54, 1.807) is 36.4 Å². The van der Waals surface area contributed by atoms with Crippen LogP contribution in [0.15, 0.2) is 42.7 Å². The Balaban J connectivity index is 1.60. The van der Waals surface area contributed by atoms with Crippen molar-refractivity contribution in [3.8, 4) is 11.1 Å². The summed E-state index contributed by atoms with van der Waals surface area (Å²) in [4.78, 5) is 25.1. The minimum atomic E-state index is -0.488. The van der Waals surface area contributed by atoms with Gasteiger partial charge in [-0.2, -0.15) is 0 Å². The summed E-state index contributed by atoms with van der Waals surface area (Å²) in [5, 5.41) is 9.33. The maximum absolute atomic E-state index is 16.0. The van der Waals surface area contributed by atoms with Crippen LogP contribution >= 0.6 is 11.6 Å². The van der Waals surface area contributed by atoms with Crippen LogP contribution < -0.4 is 21.7 Å². The van der Waals surface area contributed by atoms with Gasteiger partial charge in [0.1, 0.15) is 17.7 Å². The van der Waals surface area contributed by atoms with Crippen LogP contribution in [0.4, 0.5) is 27.3 Å². The molecule has 196 valence electrons. The van der Waals surface area contributed by atoms with Gasteiger partial charge in [-0.1, -0.05) is 30.7 Å². The highest BCUT2D eigenvalue weighted by molar-refractivity contribution is 6.32. The summed E-state index contributed by atoms with van der Waals surface area (Å²) in [5.41, 5.74) is 8.46. The number of amides is 1. The summed E-state index contributed by atoms with van der Waals surface area (Å²) in [7, 11) is 1.84. The average Bonchev–Trinajstić information content (AvgIpc) is 2.93. The molecule has 2 aromatic carbocycles. The first-order chi connectivity index (χ1) is 17.9. The molecular weight excluding hydrogens is 495 g/mol. The highest BCUT2D eigenvalue weighted by atomic mass is 35.5. The number of nitrogen functional groups attached to an aromatic ring is 1. The van der Waals surface area contributed by atoms with Crippen molar-refractivity contribution in [3.63, 3.8) is 0 Å². The van der Waals surface area contributed by atoms with Crippen LogP contribution in [-0.4, -0.2) is 78.5 Å². The van der Waals surface area contributed by atoms with Crippen LogP contribution in [0, 0.1) is 5.82 Å². The highest BCUT2D eigenvalue weighted by Gasteiger charge is 2.22. The molecule has 0 radical (unpaired) electrons. The molecule has 37 heavy (non-hydrogen) atoms. The number of piperazine rings is 1. The van der Waals surface area contributed by atoms with Gasteiger partial charge in [0, 0.05) is 50.4 Å². The van der Waals surface area contributed by atoms with Gasteiger partial charge in [-0.25, -0.2) is 14.4 Å². The first-order valence-electron chi connectivity index (χ1n) is 12.3. The lowest BCUT2D eigenvalue weighted by atomic mass is 10.0. The number of benzene rings is 2. The summed E-state index contributed by atoms with van der Waals surface area (Å²) >= 11 is 6.03. The molecule has 3 aromatic rings. The summed E-state index contributed by atoms with van der Waals surface area (Å²) in [6, 6.07) is 10.5. The van der Waals surface area contributed by atoms with E-state index in [4.69, 9.17) is 17.3 Å². The summed E-state index contributed by atoms with van der Waals surface area (Å²) in [5.74, 6) is -0.291. The number of rotatable bonds is 9. The molecule has 1 saturated heterocycles. The zero-order chi connectivity index (χ0) is 26.4. The number of nitrogens with two attached hydrogens (primary N) is 1. The van der Waals surface area contributed by atoms with E-state index in [-0.39, 0.29) is 28.3 Å². The predicted octanol–water partition coefficient (Wildman–Crippen LogP) is 3.67. The van der Waals surface area contributed by atoms with E-state index in [9.17, 15) is 4.79 Å². The number of anilines is 4. The van der Waals surface area contributed by atoms with E-state index in [1.807, 2.05) is 11.9 Å². The summed E-state index contributed by atoms with van der Waals surface area (Å²) in [6.45, 7) is 7.53. The zero-order valence-electron chi connectivity index (χ0n) is 21.0. The molecule has 11 heteroatoms. The molecule has 0 atom stereocenters. The monoisotopic (exact) mass is 526 g/mol. The smallest absolute Gasteiger partial charge is 0.253 e. The number of carbonyl (C=O) groups excluding carboxylic acids is 1. The molecule has 0 bridgehead atoms. The first kappa shape index (κ1) is 26.6. The fraction of sp³-hybridized carbons (Fsp3) is 0.346. The molecule has 4 rings (SSSR count). The van der Waals surface area contributed by atoms with Gasteiger partial charge >= 0.3 is 0 Å². The molecule has 5 N–H and O–H groups in total. The topological polar surface area (TPSA) is 111 Å². The van der Waals surface area contributed by atoms with Crippen LogP contribution in [0.2, 0.25) is 5.15 Å². The van der Waals surface area contributed by atoms with Crippen molar-refractivity contribution >= 4 is 40.4 Å². The van der Waals surface area contributed by atoms with Gasteiger partial charge in [0.2, 0.25) is 0 Å².